The van der Waals surface area contributed by atoms with Crippen LogP contribution in [0.1, 0.15) is 30.0 Å². The maximum absolute atomic E-state index is 12.3. The van der Waals surface area contributed by atoms with E-state index in [1.807, 2.05) is 24.3 Å². The average molecular weight is 339 g/mol. The molecule has 3 rings (SSSR count). The molecular weight excluding hydrogens is 314 g/mol. The van der Waals surface area contributed by atoms with Crippen LogP contribution in [0.3, 0.4) is 0 Å². The normalized spacial score (nSPS) is 15.7. The molecule has 5 nitrogen and oxygen atoms in total. The van der Waals surface area contributed by atoms with Crippen LogP contribution in [-0.4, -0.2) is 42.5 Å². The van der Waals surface area contributed by atoms with Crippen LogP contribution in [0.2, 0.25) is 0 Å². The Balaban J connectivity index is 1.64. The summed E-state index contributed by atoms with van der Waals surface area (Å²) in [4.78, 5) is 18.8. The van der Waals surface area contributed by atoms with Gasteiger partial charge in [0.05, 0.1) is 19.6 Å². The third-order valence-corrected chi connectivity index (χ3v) is 4.66. The Morgan fingerprint density at radius 3 is 2.64 bits per heavy atom. The molecule has 0 aliphatic carbocycles. The molecule has 132 valence electrons. The Hall–Kier alpha value is -2.40. The lowest BCUT2D eigenvalue weighted by atomic mass is 10.0. The quantitative estimate of drug-likeness (QED) is 0.842. The van der Waals surface area contributed by atoms with Gasteiger partial charge in [0.25, 0.3) is 0 Å². The fraction of sp³-hybridized carbons (Fsp3) is 0.400. The van der Waals surface area contributed by atoms with Crippen LogP contribution in [0.25, 0.3) is 0 Å². The summed E-state index contributed by atoms with van der Waals surface area (Å²) in [5, 5.41) is 3.10. The van der Waals surface area contributed by atoms with E-state index >= 15 is 0 Å². The van der Waals surface area contributed by atoms with Gasteiger partial charge in [0, 0.05) is 18.9 Å². The van der Waals surface area contributed by atoms with Crippen LogP contribution < -0.4 is 10.1 Å². The fourth-order valence-corrected chi connectivity index (χ4v) is 3.30. The fourth-order valence-electron chi connectivity index (χ4n) is 3.30. The Morgan fingerprint density at radius 2 is 2.00 bits per heavy atom. The molecule has 1 fully saturated rings. The first kappa shape index (κ1) is 17.4. The molecular formula is C20H25N3O2. The highest BCUT2D eigenvalue weighted by Crippen LogP contribution is 2.26. The largest absolute Gasteiger partial charge is 0.497 e. The van der Waals surface area contributed by atoms with Gasteiger partial charge in [0.2, 0.25) is 5.91 Å². The summed E-state index contributed by atoms with van der Waals surface area (Å²) in [6.07, 6.45) is 6.26. The van der Waals surface area contributed by atoms with Crippen LogP contribution in [-0.2, 0) is 11.2 Å². The van der Waals surface area contributed by atoms with E-state index in [-0.39, 0.29) is 11.9 Å². The number of likely N-dealkylation sites (tertiary alicyclic amines) is 1. The molecule has 2 aromatic rings. The van der Waals surface area contributed by atoms with E-state index in [4.69, 9.17) is 4.74 Å². The number of amides is 1. The van der Waals surface area contributed by atoms with Crippen molar-refractivity contribution in [2.75, 3.05) is 26.7 Å². The summed E-state index contributed by atoms with van der Waals surface area (Å²) in [5.41, 5.74) is 2.14. The molecule has 0 spiro atoms. The topological polar surface area (TPSA) is 54.5 Å². The lowest BCUT2D eigenvalue weighted by Gasteiger charge is -2.28. The number of nitrogens with one attached hydrogen (secondary N) is 1. The number of hydrogen-bond acceptors (Lipinski definition) is 4. The van der Waals surface area contributed by atoms with Crippen LogP contribution in [0.5, 0.6) is 5.75 Å². The number of ether oxygens (including phenoxy) is 1. The molecule has 25 heavy (non-hydrogen) atoms. The predicted molar refractivity (Wildman–Crippen MR) is 97.5 cm³/mol. The summed E-state index contributed by atoms with van der Waals surface area (Å²) in [5.74, 6) is 0.884. The van der Waals surface area contributed by atoms with Gasteiger partial charge in [-0.1, -0.05) is 18.2 Å². The van der Waals surface area contributed by atoms with Crippen molar-refractivity contribution in [3.05, 3.63) is 59.9 Å². The number of carbonyl (C=O) groups excluding carboxylic acids is 1. The van der Waals surface area contributed by atoms with Crippen molar-refractivity contribution < 1.29 is 9.53 Å². The van der Waals surface area contributed by atoms with Crippen molar-refractivity contribution in [1.82, 2.24) is 15.2 Å². The van der Waals surface area contributed by atoms with Crippen LogP contribution in [0.15, 0.2) is 48.8 Å². The second kappa shape index (κ2) is 8.62. The maximum atomic E-state index is 12.3. The third kappa shape index (κ3) is 4.79. The molecule has 0 saturated carbocycles. The molecule has 1 aliphatic rings. The van der Waals surface area contributed by atoms with E-state index in [0.717, 1.165) is 24.4 Å². The van der Waals surface area contributed by atoms with Crippen molar-refractivity contribution in [2.45, 2.75) is 25.3 Å². The van der Waals surface area contributed by atoms with E-state index in [0.29, 0.717) is 13.0 Å². The van der Waals surface area contributed by atoms with Crippen molar-refractivity contribution in [3.63, 3.8) is 0 Å². The molecule has 1 saturated heterocycles. The highest BCUT2D eigenvalue weighted by atomic mass is 16.5. The number of benzene rings is 1. The van der Waals surface area contributed by atoms with Gasteiger partial charge >= 0.3 is 0 Å². The van der Waals surface area contributed by atoms with Gasteiger partial charge in [-0.2, -0.15) is 0 Å². The number of nitrogens with zero attached hydrogens (tertiary/aromatic N) is 2. The van der Waals surface area contributed by atoms with E-state index < -0.39 is 0 Å². The Bertz CT molecular complexity index is 667. The highest BCUT2D eigenvalue weighted by molar-refractivity contribution is 5.78. The smallest absolute Gasteiger partial charge is 0.224 e. The zero-order chi connectivity index (χ0) is 17.5. The maximum Gasteiger partial charge on any atom is 0.224 e. The van der Waals surface area contributed by atoms with Gasteiger partial charge < -0.3 is 10.1 Å². The number of methoxy groups -OCH3 is 1. The zero-order valence-electron chi connectivity index (χ0n) is 14.6. The second-order valence-electron chi connectivity index (χ2n) is 6.37. The molecule has 2 heterocycles. The minimum absolute atomic E-state index is 0.0331. The minimum Gasteiger partial charge on any atom is -0.497 e. The molecule has 1 atom stereocenters. The average Bonchev–Trinajstić information content (AvgIpc) is 3.18. The number of hydrogen-bond donors (Lipinski definition) is 1. The van der Waals surface area contributed by atoms with Gasteiger partial charge in [-0.25, -0.2) is 0 Å². The summed E-state index contributed by atoms with van der Waals surface area (Å²) in [7, 11) is 1.67. The molecule has 0 bridgehead atoms. The van der Waals surface area contributed by atoms with E-state index in [1.165, 1.54) is 18.4 Å². The van der Waals surface area contributed by atoms with Crippen molar-refractivity contribution >= 4 is 5.91 Å². The number of carbonyl (C=O) groups is 1. The molecule has 0 unspecified atom stereocenters. The summed E-state index contributed by atoms with van der Waals surface area (Å²) in [6, 6.07) is 12.1. The number of aromatic nitrogens is 1. The number of pyridine rings is 1. The van der Waals surface area contributed by atoms with Crippen LogP contribution >= 0.6 is 0 Å². The SMILES string of the molecule is COc1ccc([C@@H](CNC(=O)Cc2cccnc2)N2CCCC2)cc1. The predicted octanol–water partition coefficient (Wildman–Crippen LogP) is 2.59. The van der Waals surface area contributed by atoms with E-state index in [1.54, 1.807) is 19.5 Å². The van der Waals surface area contributed by atoms with Crippen molar-refractivity contribution in [3.8, 4) is 5.75 Å². The van der Waals surface area contributed by atoms with Gasteiger partial charge in [-0.15, -0.1) is 0 Å². The Kier molecular flexibility index (Phi) is 6.01. The Labute approximate surface area is 149 Å². The van der Waals surface area contributed by atoms with Crippen LogP contribution in [0.4, 0.5) is 0 Å². The first-order valence-corrected chi connectivity index (χ1v) is 8.80. The lowest BCUT2D eigenvalue weighted by Crippen LogP contribution is -2.37. The number of rotatable bonds is 7. The summed E-state index contributed by atoms with van der Waals surface area (Å²) < 4.78 is 5.25. The molecule has 1 amide bonds. The molecule has 1 aromatic heterocycles. The second-order valence-corrected chi connectivity index (χ2v) is 6.37. The van der Waals surface area contributed by atoms with Gasteiger partial charge in [0.15, 0.2) is 0 Å². The molecule has 1 aliphatic heterocycles. The van der Waals surface area contributed by atoms with Crippen LogP contribution in [0, 0.1) is 0 Å². The molecule has 0 radical (unpaired) electrons. The van der Waals surface area contributed by atoms with E-state index in [2.05, 4.69) is 27.3 Å². The lowest BCUT2D eigenvalue weighted by molar-refractivity contribution is -0.120. The molecule has 1 aromatic carbocycles. The first-order valence-electron chi connectivity index (χ1n) is 8.80. The van der Waals surface area contributed by atoms with E-state index in [9.17, 15) is 4.79 Å². The minimum atomic E-state index is 0.0331. The molecule has 1 N–H and O–H groups in total. The Morgan fingerprint density at radius 1 is 1.24 bits per heavy atom. The first-order chi connectivity index (χ1) is 12.3. The third-order valence-electron chi connectivity index (χ3n) is 4.66. The highest BCUT2D eigenvalue weighted by Gasteiger charge is 2.24. The van der Waals surface area contributed by atoms with Crippen molar-refractivity contribution in [2.24, 2.45) is 0 Å². The summed E-state index contributed by atoms with van der Waals surface area (Å²) >= 11 is 0. The molecule has 5 heteroatoms. The standard InChI is InChI=1S/C20H25N3O2/c1-25-18-8-6-17(7-9-18)19(23-11-2-3-12-23)15-22-20(24)13-16-5-4-10-21-14-16/h4-10,14,19H,2-3,11-13,15H2,1H3,(H,22,24)/t19-/m1/s1. The monoisotopic (exact) mass is 339 g/mol. The van der Waals surface area contributed by atoms with Gasteiger partial charge in [-0.05, 0) is 55.3 Å². The van der Waals surface area contributed by atoms with Gasteiger partial charge in [-0.3, -0.25) is 14.7 Å². The summed E-state index contributed by atoms with van der Waals surface area (Å²) in [6.45, 7) is 2.77. The van der Waals surface area contributed by atoms with Crippen molar-refractivity contribution in [1.29, 1.82) is 0 Å². The van der Waals surface area contributed by atoms with Gasteiger partial charge in [0.1, 0.15) is 5.75 Å². The zero-order valence-corrected chi connectivity index (χ0v) is 14.6.